The monoisotopic (exact) mass is 483 g/mol. The van der Waals surface area contributed by atoms with Crippen LogP contribution in [0.5, 0.6) is 11.5 Å². The second kappa shape index (κ2) is 9.21. The number of nitrogens with one attached hydrogen (secondary N) is 1. The largest absolute Gasteiger partial charge is 0.487 e. The minimum absolute atomic E-state index is 0.157. The number of fused-ring (bicyclic) bond motifs is 5. The van der Waals surface area contributed by atoms with Gasteiger partial charge in [-0.05, 0) is 83.1 Å². The summed E-state index contributed by atoms with van der Waals surface area (Å²) >= 11 is 0. The summed E-state index contributed by atoms with van der Waals surface area (Å²) in [5, 5.41) is 12.9. The highest BCUT2D eigenvalue weighted by atomic mass is 16.5. The van der Waals surface area contributed by atoms with E-state index >= 15 is 0 Å². The van der Waals surface area contributed by atoms with Crippen molar-refractivity contribution < 1.29 is 28.6 Å². The van der Waals surface area contributed by atoms with Crippen LogP contribution in [-0.4, -0.2) is 35.7 Å². The van der Waals surface area contributed by atoms with Crippen molar-refractivity contribution in [2.24, 2.45) is 11.8 Å². The van der Waals surface area contributed by atoms with Crippen LogP contribution in [0, 0.1) is 11.8 Å². The van der Waals surface area contributed by atoms with E-state index in [1.54, 1.807) is 0 Å². The number of hydrogen-bond acceptors (Lipinski definition) is 6. The van der Waals surface area contributed by atoms with Gasteiger partial charge in [0.2, 0.25) is 0 Å². The van der Waals surface area contributed by atoms with E-state index in [0.29, 0.717) is 48.5 Å². The number of aryl methyl sites for hydroxylation is 2. The first-order chi connectivity index (χ1) is 16.7. The van der Waals surface area contributed by atoms with Gasteiger partial charge in [-0.3, -0.25) is 9.59 Å². The first-order valence-corrected chi connectivity index (χ1v) is 12.7. The molecule has 1 aromatic heterocycles. The molecule has 188 valence electrons. The Morgan fingerprint density at radius 2 is 1.86 bits per heavy atom. The maximum atomic E-state index is 12.7. The molecular formula is C27H33NO7. The topological polar surface area (TPSA) is 115 Å². The van der Waals surface area contributed by atoms with Crippen LogP contribution in [0.3, 0.4) is 0 Å². The molecule has 0 atom stereocenters. The number of carboxylic acid groups (broad SMARTS) is 1. The van der Waals surface area contributed by atoms with Crippen molar-refractivity contribution in [1.82, 2.24) is 5.32 Å². The van der Waals surface area contributed by atoms with Crippen LogP contribution >= 0.6 is 0 Å². The Balaban J connectivity index is 1.34. The summed E-state index contributed by atoms with van der Waals surface area (Å²) in [6, 6.07) is 1.84. The molecule has 0 unspecified atom stereocenters. The van der Waals surface area contributed by atoms with Crippen LogP contribution in [-0.2, 0) is 28.9 Å². The Kier molecular flexibility index (Phi) is 6.23. The number of ether oxygens (including phenoxy) is 2. The molecule has 1 amide bonds. The van der Waals surface area contributed by atoms with E-state index in [1.807, 2.05) is 19.9 Å². The van der Waals surface area contributed by atoms with Crippen LogP contribution < -0.4 is 20.4 Å². The first-order valence-electron chi connectivity index (χ1n) is 12.7. The number of hydrogen-bond donors (Lipinski definition) is 2. The van der Waals surface area contributed by atoms with E-state index in [1.165, 1.54) is 0 Å². The number of carbonyl (C=O) groups excluding carboxylic acids is 1. The van der Waals surface area contributed by atoms with Crippen LogP contribution in [0.4, 0.5) is 0 Å². The van der Waals surface area contributed by atoms with Crippen molar-refractivity contribution in [3.63, 3.8) is 0 Å². The normalized spacial score (nSPS) is 22.7. The molecule has 0 saturated heterocycles. The van der Waals surface area contributed by atoms with Gasteiger partial charge in [-0.25, -0.2) is 4.79 Å². The second-order valence-electron chi connectivity index (χ2n) is 10.8. The zero-order valence-electron chi connectivity index (χ0n) is 20.4. The Morgan fingerprint density at radius 1 is 1.11 bits per heavy atom. The lowest BCUT2D eigenvalue weighted by atomic mass is 9.82. The van der Waals surface area contributed by atoms with Gasteiger partial charge in [0, 0.05) is 23.7 Å². The lowest BCUT2D eigenvalue weighted by Crippen LogP contribution is -2.35. The van der Waals surface area contributed by atoms with Crippen molar-refractivity contribution in [3.05, 3.63) is 33.2 Å². The predicted octanol–water partition coefficient (Wildman–Crippen LogP) is 3.77. The van der Waals surface area contributed by atoms with Crippen LogP contribution in [0.2, 0.25) is 0 Å². The smallest absolute Gasteiger partial charge is 0.339 e. The summed E-state index contributed by atoms with van der Waals surface area (Å²) in [4.78, 5) is 36.4. The van der Waals surface area contributed by atoms with Crippen molar-refractivity contribution in [1.29, 1.82) is 0 Å². The van der Waals surface area contributed by atoms with Gasteiger partial charge in [-0.2, -0.15) is 0 Å². The molecule has 8 heteroatoms. The quantitative estimate of drug-likeness (QED) is 0.601. The van der Waals surface area contributed by atoms with Crippen LogP contribution in [0.1, 0.15) is 69.1 Å². The standard InChI is InChI=1S/C27H33NO7/c1-27(2)11-10-19-20(35-27)12-21(23-17-4-3-5-18(17)26(32)34-24(19)23)33-14-22(29)28-13-15-6-8-16(9-7-15)25(30)31/h12,15-16H,3-11,13-14H2,1-2H3,(H,28,29)(H,30,31). The van der Waals surface area contributed by atoms with Gasteiger partial charge in [-0.1, -0.05) is 0 Å². The Morgan fingerprint density at radius 3 is 2.60 bits per heavy atom. The highest BCUT2D eigenvalue weighted by Crippen LogP contribution is 2.44. The van der Waals surface area contributed by atoms with Crippen molar-refractivity contribution >= 4 is 22.8 Å². The molecule has 8 nitrogen and oxygen atoms in total. The van der Waals surface area contributed by atoms with E-state index in [0.717, 1.165) is 55.0 Å². The lowest BCUT2D eigenvalue weighted by molar-refractivity contribution is -0.143. The molecule has 1 aliphatic heterocycles. The van der Waals surface area contributed by atoms with Gasteiger partial charge in [0.25, 0.3) is 5.91 Å². The SMILES string of the molecule is CC1(C)CCc2c(cc(OCC(=O)NCC3CCC(C(=O)O)CC3)c3c4c(c(=O)oc23)CCC4)O1. The maximum Gasteiger partial charge on any atom is 0.339 e. The third kappa shape index (κ3) is 4.75. The average Bonchev–Trinajstić information content (AvgIpc) is 3.31. The molecule has 3 aliphatic rings. The number of benzene rings is 1. The Labute approximate surface area is 204 Å². The fourth-order valence-corrected chi connectivity index (χ4v) is 5.73. The maximum absolute atomic E-state index is 12.7. The molecule has 2 aliphatic carbocycles. The summed E-state index contributed by atoms with van der Waals surface area (Å²) in [5.74, 6) is 0.208. The molecule has 1 fully saturated rings. The number of carbonyl (C=O) groups is 2. The Bertz CT molecular complexity index is 1220. The molecule has 0 spiro atoms. The summed E-state index contributed by atoms with van der Waals surface area (Å²) in [7, 11) is 0. The van der Waals surface area contributed by atoms with Crippen molar-refractivity contribution in [2.45, 2.75) is 77.2 Å². The van der Waals surface area contributed by atoms with Crippen LogP contribution in [0.25, 0.3) is 11.0 Å². The summed E-state index contributed by atoms with van der Waals surface area (Å²) in [5.41, 5.74) is 2.46. The highest BCUT2D eigenvalue weighted by Gasteiger charge is 2.32. The number of rotatable bonds is 6. The fraction of sp³-hybridized carbons (Fsp3) is 0.593. The Hall–Kier alpha value is -3.03. The summed E-state index contributed by atoms with van der Waals surface area (Å²) < 4.78 is 18.1. The molecule has 0 bridgehead atoms. The van der Waals surface area contributed by atoms with E-state index in [4.69, 9.17) is 19.0 Å². The van der Waals surface area contributed by atoms with E-state index in [-0.39, 0.29) is 35.6 Å². The molecule has 2 heterocycles. The van der Waals surface area contributed by atoms with Gasteiger partial charge >= 0.3 is 11.6 Å². The van der Waals surface area contributed by atoms with Crippen LogP contribution in [0.15, 0.2) is 15.3 Å². The minimum atomic E-state index is -0.729. The van der Waals surface area contributed by atoms with Gasteiger partial charge in [0.1, 0.15) is 22.7 Å². The highest BCUT2D eigenvalue weighted by molar-refractivity contribution is 5.93. The average molecular weight is 484 g/mol. The van der Waals surface area contributed by atoms with Crippen molar-refractivity contribution in [3.8, 4) is 11.5 Å². The summed E-state index contributed by atoms with van der Waals surface area (Å²) in [6.07, 6.45) is 6.82. The molecule has 35 heavy (non-hydrogen) atoms. The number of aliphatic carboxylic acids is 1. The first kappa shape index (κ1) is 23.7. The number of carboxylic acids is 1. The number of amides is 1. The molecule has 1 aromatic carbocycles. The second-order valence-corrected chi connectivity index (χ2v) is 10.8. The molecular weight excluding hydrogens is 450 g/mol. The fourth-order valence-electron chi connectivity index (χ4n) is 5.73. The van der Waals surface area contributed by atoms with Gasteiger partial charge in [0.05, 0.1) is 11.3 Å². The third-order valence-corrected chi connectivity index (χ3v) is 7.77. The molecule has 1 saturated carbocycles. The van der Waals surface area contributed by atoms with E-state index in [9.17, 15) is 14.4 Å². The molecule has 0 radical (unpaired) electrons. The zero-order valence-corrected chi connectivity index (χ0v) is 20.4. The van der Waals surface area contributed by atoms with Gasteiger partial charge in [0.15, 0.2) is 6.61 Å². The van der Waals surface area contributed by atoms with Crippen molar-refractivity contribution in [2.75, 3.05) is 13.2 Å². The van der Waals surface area contributed by atoms with Gasteiger partial charge < -0.3 is 24.3 Å². The minimum Gasteiger partial charge on any atom is -0.487 e. The van der Waals surface area contributed by atoms with E-state index < -0.39 is 5.97 Å². The van der Waals surface area contributed by atoms with E-state index in [2.05, 4.69) is 5.32 Å². The van der Waals surface area contributed by atoms with Gasteiger partial charge in [-0.15, -0.1) is 0 Å². The molecule has 2 aromatic rings. The summed E-state index contributed by atoms with van der Waals surface area (Å²) in [6.45, 7) is 4.41. The molecule has 5 rings (SSSR count). The predicted molar refractivity (Wildman–Crippen MR) is 129 cm³/mol. The lowest BCUT2D eigenvalue weighted by Gasteiger charge is -2.33. The zero-order chi connectivity index (χ0) is 24.7. The molecule has 2 N–H and O–H groups in total. The third-order valence-electron chi connectivity index (χ3n) is 7.77.